The predicted molar refractivity (Wildman–Crippen MR) is 74.4 cm³/mol. The molecule has 1 aromatic heterocycles. The number of ether oxygens (including phenoxy) is 2. The predicted octanol–water partition coefficient (Wildman–Crippen LogP) is 1.29. The summed E-state index contributed by atoms with van der Waals surface area (Å²) in [5.41, 5.74) is 0.422. The Morgan fingerprint density at radius 2 is 2.24 bits per heavy atom. The second kappa shape index (κ2) is 7.37. The molecule has 0 radical (unpaired) electrons. The summed E-state index contributed by atoms with van der Waals surface area (Å²) in [5, 5.41) is 24.2. The smallest absolute Gasteiger partial charge is 0.352 e. The lowest BCUT2D eigenvalue weighted by molar-refractivity contribution is -0.386. The van der Waals surface area contributed by atoms with Gasteiger partial charge in [-0.1, -0.05) is 0 Å². The third-order valence-corrected chi connectivity index (χ3v) is 3.64. The standard InChI is InChI=1S/C13H21N3O5/c1-10-12(16(18)19)13(21-6-2-5-17)14-15(10)9-11-3-7-20-8-4-11/h11,17H,2-9H2,1H3. The van der Waals surface area contributed by atoms with Crippen LogP contribution < -0.4 is 4.74 Å². The number of hydrogen-bond acceptors (Lipinski definition) is 6. The van der Waals surface area contributed by atoms with Crippen LogP contribution in [-0.2, 0) is 11.3 Å². The van der Waals surface area contributed by atoms with E-state index in [-0.39, 0.29) is 24.8 Å². The normalized spacial score (nSPS) is 16.1. The second-order valence-corrected chi connectivity index (χ2v) is 5.16. The SMILES string of the molecule is Cc1c([N+](=O)[O-])c(OCCCO)nn1CC1CCOCC1. The molecule has 8 heteroatoms. The fraction of sp³-hybridized carbons (Fsp3) is 0.769. The molecular formula is C13H21N3O5. The number of hydrogen-bond donors (Lipinski definition) is 1. The van der Waals surface area contributed by atoms with Crippen LogP contribution in [0.15, 0.2) is 0 Å². The molecule has 0 saturated carbocycles. The first-order valence-corrected chi connectivity index (χ1v) is 7.16. The highest BCUT2D eigenvalue weighted by Gasteiger charge is 2.28. The van der Waals surface area contributed by atoms with Gasteiger partial charge in [0.05, 0.1) is 11.5 Å². The van der Waals surface area contributed by atoms with Crippen molar-refractivity contribution in [3.05, 3.63) is 15.8 Å². The molecule has 0 amide bonds. The average Bonchev–Trinajstić information content (AvgIpc) is 2.77. The van der Waals surface area contributed by atoms with E-state index in [1.165, 1.54) is 0 Å². The van der Waals surface area contributed by atoms with Crippen molar-refractivity contribution in [2.75, 3.05) is 26.4 Å². The summed E-state index contributed by atoms with van der Waals surface area (Å²) in [7, 11) is 0. The van der Waals surface area contributed by atoms with E-state index in [2.05, 4.69) is 5.10 Å². The Balaban J connectivity index is 2.13. The van der Waals surface area contributed by atoms with Crippen LogP contribution in [0.1, 0.15) is 25.0 Å². The van der Waals surface area contributed by atoms with Crippen LogP contribution in [0.2, 0.25) is 0 Å². The van der Waals surface area contributed by atoms with E-state index in [1.807, 2.05) is 0 Å². The summed E-state index contributed by atoms with van der Waals surface area (Å²) in [6, 6.07) is 0. The van der Waals surface area contributed by atoms with Gasteiger partial charge in [-0.3, -0.25) is 14.8 Å². The summed E-state index contributed by atoms with van der Waals surface area (Å²) in [6.45, 7) is 3.98. The van der Waals surface area contributed by atoms with E-state index in [4.69, 9.17) is 14.6 Å². The van der Waals surface area contributed by atoms with Crippen molar-refractivity contribution in [3.8, 4) is 5.88 Å². The van der Waals surface area contributed by atoms with E-state index >= 15 is 0 Å². The van der Waals surface area contributed by atoms with Crippen LogP contribution in [0.4, 0.5) is 5.69 Å². The second-order valence-electron chi connectivity index (χ2n) is 5.16. The molecule has 1 aliphatic rings. The summed E-state index contributed by atoms with van der Waals surface area (Å²) in [4.78, 5) is 10.7. The number of rotatable bonds is 7. The van der Waals surface area contributed by atoms with E-state index in [0.29, 0.717) is 24.6 Å². The molecule has 0 aliphatic carbocycles. The van der Waals surface area contributed by atoms with Crippen molar-refractivity contribution in [1.29, 1.82) is 0 Å². The van der Waals surface area contributed by atoms with Gasteiger partial charge in [-0.25, -0.2) is 0 Å². The Morgan fingerprint density at radius 1 is 1.52 bits per heavy atom. The van der Waals surface area contributed by atoms with Gasteiger partial charge in [-0.15, -0.1) is 5.10 Å². The van der Waals surface area contributed by atoms with Gasteiger partial charge in [0.2, 0.25) is 0 Å². The maximum Gasteiger partial charge on any atom is 0.352 e. The highest BCUT2D eigenvalue weighted by atomic mass is 16.6. The third-order valence-electron chi connectivity index (χ3n) is 3.64. The average molecular weight is 299 g/mol. The first kappa shape index (κ1) is 15.7. The molecule has 1 fully saturated rings. The van der Waals surface area contributed by atoms with Crippen LogP contribution in [-0.4, -0.2) is 46.2 Å². The van der Waals surface area contributed by atoms with Crippen molar-refractivity contribution in [2.45, 2.75) is 32.7 Å². The van der Waals surface area contributed by atoms with E-state index in [9.17, 15) is 10.1 Å². The van der Waals surface area contributed by atoms with Gasteiger partial charge < -0.3 is 14.6 Å². The zero-order valence-electron chi connectivity index (χ0n) is 12.2. The molecule has 0 aromatic carbocycles. The lowest BCUT2D eigenvalue weighted by Gasteiger charge is -2.22. The summed E-state index contributed by atoms with van der Waals surface area (Å²) in [5.74, 6) is 0.459. The minimum atomic E-state index is -0.461. The largest absolute Gasteiger partial charge is 0.472 e. The molecule has 2 rings (SSSR count). The highest BCUT2D eigenvalue weighted by Crippen LogP contribution is 2.31. The van der Waals surface area contributed by atoms with Crippen molar-refractivity contribution >= 4 is 5.69 Å². The molecule has 0 atom stereocenters. The molecular weight excluding hydrogens is 278 g/mol. The molecule has 8 nitrogen and oxygen atoms in total. The van der Waals surface area contributed by atoms with E-state index in [0.717, 1.165) is 26.1 Å². The molecule has 2 heterocycles. The first-order valence-electron chi connectivity index (χ1n) is 7.16. The number of aromatic nitrogens is 2. The summed E-state index contributed by atoms with van der Waals surface area (Å²) < 4.78 is 12.3. The highest BCUT2D eigenvalue weighted by molar-refractivity contribution is 5.45. The van der Waals surface area contributed by atoms with E-state index in [1.54, 1.807) is 11.6 Å². The Labute approximate surface area is 122 Å². The fourth-order valence-electron chi connectivity index (χ4n) is 2.40. The van der Waals surface area contributed by atoms with Gasteiger partial charge in [0.15, 0.2) is 0 Å². The monoisotopic (exact) mass is 299 g/mol. The lowest BCUT2D eigenvalue weighted by Crippen LogP contribution is -2.21. The minimum Gasteiger partial charge on any atom is -0.472 e. The number of nitrogens with zero attached hydrogens (tertiary/aromatic N) is 3. The van der Waals surface area contributed by atoms with Crippen LogP contribution in [0.25, 0.3) is 0 Å². The third kappa shape index (κ3) is 3.92. The summed E-state index contributed by atoms with van der Waals surface area (Å²) >= 11 is 0. The quantitative estimate of drug-likeness (QED) is 0.462. The van der Waals surface area contributed by atoms with Gasteiger partial charge in [0.25, 0.3) is 0 Å². The van der Waals surface area contributed by atoms with Crippen LogP contribution in [0.5, 0.6) is 5.88 Å². The van der Waals surface area contributed by atoms with Gasteiger partial charge in [-0.05, 0) is 25.7 Å². The van der Waals surface area contributed by atoms with Gasteiger partial charge in [0.1, 0.15) is 5.69 Å². The maximum absolute atomic E-state index is 11.2. The Kier molecular flexibility index (Phi) is 5.51. The Bertz CT molecular complexity index is 482. The van der Waals surface area contributed by atoms with Gasteiger partial charge in [-0.2, -0.15) is 0 Å². The van der Waals surface area contributed by atoms with Crippen molar-refractivity contribution < 1.29 is 19.5 Å². The van der Waals surface area contributed by atoms with Crippen LogP contribution in [0.3, 0.4) is 0 Å². The van der Waals surface area contributed by atoms with Crippen molar-refractivity contribution in [3.63, 3.8) is 0 Å². The lowest BCUT2D eigenvalue weighted by atomic mass is 10.0. The molecule has 21 heavy (non-hydrogen) atoms. The minimum absolute atomic E-state index is 0.0183. The molecule has 1 aliphatic heterocycles. The van der Waals surface area contributed by atoms with Gasteiger partial charge in [0, 0.05) is 32.8 Å². The van der Waals surface area contributed by atoms with Crippen molar-refractivity contribution in [1.82, 2.24) is 9.78 Å². The molecule has 0 bridgehead atoms. The molecule has 1 saturated heterocycles. The molecule has 118 valence electrons. The molecule has 1 N–H and O–H groups in total. The molecule has 0 spiro atoms. The first-order chi connectivity index (χ1) is 10.1. The van der Waals surface area contributed by atoms with Gasteiger partial charge >= 0.3 is 11.6 Å². The van der Waals surface area contributed by atoms with Crippen LogP contribution >= 0.6 is 0 Å². The fourth-order valence-corrected chi connectivity index (χ4v) is 2.40. The number of aliphatic hydroxyl groups is 1. The van der Waals surface area contributed by atoms with E-state index < -0.39 is 4.92 Å². The topological polar surface area (TPSA) is 99.7 Å². The van der Waals surface area contributed by atoms with Crippen LogP contribution in [0, 0.1) is 23.0 Å². The number of aliphatic hydroxyl groups excluding tert-OH is 1. The molecule has 1 aromatic rings. The summed E-state index contributed by atoms with van der Waals surface area (Å²) in [6.07, 6.45) is 2.30. The number of nitro groups is 1. The van der Waals surface area contributed by atoms with Crippen molar-refractivity contribution in [2.24, 2.45) is 5.92 Å². The Hall–Kier alpha value is -1.67. The molecule has 0 unspecified atom stereocenters. The zero-order valence-corrected chi connectivity index (χ0v) is 12.2. The maximum atomic E-state index is 11.2. The Morgan fingerprint density at radius 3 is 2.86 bits per heavy atom. The zero-order chi connectivity index (χ0) is 15.2.